The summed E-state index contributed by atoms with van der Waals surface area (Å²) in [4.78, 5) is 22.5. The second-order valence-electron chi connectivity index (χ2n) is 7.94. The molecular formula is C22H20N8O. The summed E-state index contributed by atoms with van der Waals surface area (Å²) in [6.45, 7) is 1.36. The number of amides is 1. The van der Waals surface area contributed by atoms with Crippen LogP contribution in [0.25, 0.3) is 33.2 Å². The van der Waals surface area contributed by atoms with Crippen molar-refractivity contribution in [3.8, 4) is 11.3 Å². The van der Waals surface area contributed by atoms with E-state index in [9.17, 15) is 4.79 Å². The predicted octanol–water partition coefficient (Wildman–Crippen LogP) is 3.18. The molecule has 1 atom stereocenters. The van der Waals surface area contributed by atoms with Crippen LogP contribution in [0.5, 0.6) is 0 Å². The summed E-state index contributed by atoms with van der Waals surface area (Å²) in [5.41, 5.74) is 4.17. The van der Waals surface area contributed by atoms with Crippen molar-refractivity contribution in [1.82, 2.24) is 40.1 Å². The lowest BCUT2D eigenvalue weighted by atomic mass is 10.0. The van der Waals surface area contributed by atoms with Gasteiger partial charge >= 0.3 is 0 Å². The van der Waals surface area contributed by atoms with E-state index in [2.05, 4.69) is 36.5 Å². The van der Waals surface area contributed by atoms with E-state index in [0.717, 1.165) is 52.6 Å². The number of benzene rings is 1. The number of carbonyl (C=O) groups excluding carboxylic acids is 1. The Morgan fingerprint density at radius 3 is 3.06 bits per heavy atom. The van der Waals surface area contributed by atoms with Gasteiger partial charge in [0.25, 0.3) is 5.91 Å². The molecular weight excluding hydrogens is 392 g/mol. The van der Waals surface area contributed by atoms with E-state index in [1.807, 2.05) is 46.2 Å². The van der Waals surface area contributed by atoms with Gasteiger partial charge in [-0.1, -0.05) is 5.21 Å². The van der Waals surface area contributed by atoms with Crippen LogP contribution in [0.3, 0.4) is 0 Å². The molecule has 31 heavy (non-hydrogen) atoms. The molecule has 0 aliphatic carbocycles. The summed E-state index contributed by atoms with van der Waals surface area (Å²) in [5.74, 6) is 0.0373. The number of carbonyl (C=O) groups is 1. The van der Waals surface area contributed by atoms with Crippen LogP contribution in [0.1, 0.15) is 29.2 Å². The number of rotatable bonds is 3. The van der Waals surface area contributed by atoms with Crippen LogP contribution in [0, 0.1) is 0 Å². The number of H-pyrrole nitrogens is 2. The molecule has 1 unspecified atom stereocenters. The molecule has 1 amide bonds. The second kappa shape index (κ2) is 7.05. The SMILES string of the molecule is O=C(c1ccc2[nH]ncc2c1)N1CCCC(n2cc(-c3cnc4[nH]ccc4c3)nn2)C1. The van der Waals surface area contributed by atoms with Crippen molar-refractivity contribution in [2.75, 3.05) is 13.1 Å². The molecule has 0 bridgehead atoms. The van der Waals surface area contributed by atoms with E-state index in [4.69, 9.17) is 0 Å². The lowest BCUT2D eigenvalue weighted by molar-refractivity contribution is 0.0672. The first-order chi connectivity index (χ1) is 15.2. The topological polar surface area (TPSA) is 108 Å². The fraction of sp³-hybridized carbons (Fsp3) is 0.227. The minimum atomic E-state index is 0.0373. The van der Waals surface area contributed by atoms with Crippen LogP contribution in [-0.4, -0.2) is 59.1 Å². The Hall–Kier alpha value is -4.01. The molecule has 4 aromatic heterocycles. The first-order valence-corrected chi connectivity index (χ1v) is 10.3. The van der Waals surface area contributed by atoms with E-state index in [0.29, 0.717) is 12.1 Å². The number of nitrogens with one attached hydrogen (secondary N) is 2. The molecule has 9 nitrogen and oxygen atoms in total. The number of hydrogen-bond acceptors (Lipinski definition) is 5. The molecule has 154 valence electrons. The summed E-state index contributed by atoms with van der Waals surface area (Å²) >= 11 is 0. The Morgan fingerprint density at radius 1 is 1.13 bits per heavy atom. The normalized spacial score (nSPS) is 16.9. The summed E-state index contributed by atoms with van der Waals surface area (Å²) in [5, 5.41) is 17.6. The maximum absolute atomic E-state index is 13.1. The largest absolute Gasteiger partial charge is 0.346 e. The van der Waals surface area contributed by atoms with Gasteiger partial charge in [-0.15, -0.1) is 5.10 Å². The van der Waals surface area contributed by atoms with Crippen LogP contribution >= 0.6 is 0 Å². The maximum atomic E-state index is 13.1. The lowest BCUT2D eigenvalue weighted by Gasteiger charge is -2.32. The molecule has 2 N–H and O–H groups in total. The van der Waals surface area contributed by atoms with Gasteiger partial charge in [-0.3, -0.25) is 9.89 Å². The molecule has 0 saturated carbocycles. The highest BCUT2D eigenvalue weighted by atomic mass is 16.2. The number of hydrogen-bond donors (Lipinski definition) is 2. The van der Waals surface area contributed by atoms with Gasteiger partial charge < -0.3 is 9.88 Å². The van der Waals surface area contributed by atoms with Crippen LogP contribution in [0.2, 0.25) is 0 Å². The van der Waals surface area contributed by atoms with E-state index >= 15 is 0 Å². The Labute approximate surface area is 177 Å². The van der Waals surface area contributed by atoms with Gasteiger partial charge in [0.15, 0.2) is 0 Å². The zero-order chi connectivity index (χ0) is 20.8. The molecule has 0 radical (unpaired) electrons. The molecule has 5 heterocycles. The maximum Gasteiger partial charge on any atom is 0.253 e. The number of aromatic amines is 2. The van der Waals surface area contributed by atoms with Gasteiger partial charge in [-0.05, 0) is 43.2 Å². The lowest BCUT2D eigenvalue weighted by Crippen LogP contribution is -2.40. The summed E-state index contributed by atoms with van der Waals surface area (Å²) in [6, 6.07) is 9.78. The van der Waals surface area contributed by atoms with Crippen molar-refractivity contribution in [1.29, 1.82) is 0 Å². The number of fused-ring (bicyclic) bond motifs is 2. The number of likely N-dealkylation sites (tertiary alicyclic amines) is 1. The molecule has 0 spiro atoms. The zero-order valence-electron chi connectivity index (χ0n) is 16.7. The molecule has 6 rings (SSSR count). The van der Waals surface area contributed by atoms with Crippen LogP contribution < -0.4 is 0 Å². The van der Waals surface area contributed by atoms with E-state index < -0.39 is 0 Å². The van der Waals surface area contributed by atoms with Crippen LogP contribution in [0.15, 0.2) is 55.1 Å². The smallest absolute Gasteiger partial charge is 0.253 e. The van der Waals surface area contributed by atoms with Crippen LogP contribution in [0.4, 0.5) is 0 Å². The number of aromatic nitrogens is 7. The van der Waals surface area contributed by atoms with Crippen molar-refractivity contribution in [3.63, 3.8) is 0 Å². The average molecular weight is 412 g/mol. The third-order valence-electron chi connectivity index (χ3n) is 5.95. The minimum Gasteiger partial charge on any atom is -0.346 e. The summed E-state index contributed by atoms with van der Waals surface area (Å²) in [6.07, 6.45) is 9.25. The van der Waals surface area contributed by atoms with Gasteiger partial charge in [-0.25, -0.2) is 9.67 Å². The Bertz CT molecular complexity index is 1400. The fourth-order valence-electron chi connectivity index (χ4n) is 4.28. The van der Waals surface area contributed by atoms with Gasteiger partial charge in [-0.2, -0.15) is 5.10 Å². The molecule has 1 aromatic carbocycles. The third kappa shape index (κ3) is 3.14. The quantitative estimate of drug-likeness (QED) is 0.473. The average Bonchev–Trinajstić information content (AvgIpc) is 3.58. The molecule has 1 fully saturated rings. The number of nitrogens with zero attached hydrogens (tertiary/aromatic N) is 6. The monoisotopic (exact) mass is 412 g/mol. The van der Waals surface area contributed by atoms with Gasteiger partial charge in [0.2, 0.25) is 0 Å². The molecule has 1 aliphatic heterocycles. The first kappa shape index (κ1) is 17.8. The fourth-order valence-corrected chi connectivity index (χ4v) is 4.28. The van der Waals surface area contributed by atoms with Crippen molar-refractivity contribution in [2.24, 2.45) is 0 Å². The third-order valence-corrected chi connectivity index (χ3v) is 5.95. The summed E-state index contributed by atoms with van der Waals surface area (Å²) < 4.78 is 1.88. The molecule has 1 saturated heterocycles. The van der Waals surface area contributed by atoms with Gasteiger partial charge in [0.05, 0.1) is 24.0 Å². The van der Waals surface area contributed by atoms with Crippen LogP contribution in [-0.2, 0) is 0 Å². The van der Waals surface area contributed by atoms with Crippen molar-refractivity contribution < 1.29 is 4.79 Å². The molecule has 1 aliphatic rings. The molecule has 5 aromatic rings. The Morgan fingerprint density at radius 2 is 2.10 bits per heavy atom. The Kier molecular flexibility index (Phi) is 4.05. The standard InChI is InChI=1S/C22H20N8O/c31-22(15-3-4-19-17(9-15)11-25-26-19)29-7-1-2-18(12-29)30-13-20(27-28-30)16-8-14-5-6-23-21(14)24-10-16/h3-6,8-11,13,18H,1-2,7,12H2,(H,23,24)(H,25,26). The van der Waals surface area contributed by atoms with Gasteiger partial charge in [0.1, 0.15) is 11.3 Å². The highest BCUT2D eigenvalue weighted by Crippen LogP contribution is 2.26. The van der Waals surface area contributed by atoms with Crippen molar-refractivity contribution >= 4 is 27.8 Å². The zero-order valence-corrected chi connectivity index (χ0v) is 16.7. The Balaban J connectivity index is 1.22. The molecule has 9 heteroatoms. The van der Waals surface area contributed by atoms with Crippen molar-refractivity contribution in [3.05, 3.63) is 60.7 Å². The summed E-state index contributed by atoms with van der Waals surface area (Å²) in [7, 11) is 0. The minimum absolute atomic E-state index is 0.0373. The number of pyridine rings is 1. The highest BCUT2D eigenvalue weighted by molar-refractivity contribution is 5.98. The predicted molar refractivity (Wildman–Crippen MR) is 115 cm³/mol. The highest BCUT2D eigenvalue weighted by Gasteiger charge is 2.26. The van der Waals surface area contributed by atoms with E-state index in [-0.39, 0.29) is 11.9 Å². The van der Waals surface area contributed by atoms with Gasteiger partial charge in [0, 0.05) is 47.4 Å². The van der Waals surface area contributed by atoms with E-state index in [1.54, 1.807) is 12.4 Å². The first-order valence-electron chi connectivity index (χ1n) is 10.3. The second-order valence-corrected chi connectivity index (χ2v) is 7.94. The van der Waals surface area contributed by atoms with E-state index in [1.165, 1.54) is 0 Å². The van der Waals surface area contributed by atoms with Crippen molar-refractivity contribution in [2.45, 2.75) is 18.9 Å². The number of piperidine rings is 1.